The number of aromatic nitrogens is 1. The van der Waals surface area contributed by atoms with Gasteiger partial charge in [0.25, 0.3) is 0 Å². The van der Waals surface area contributed by atoms with E-state index in [9.17, 15) is 14.0 Å². The van der Waals surface area contributed by atoms with E-state index >= 15 is 0 Å². The minimum atomic E-state index is -0.552. The van der Waals surface area contributed by atoms with Crippen molar-refractivity contribution in [1.29, 1.82) is 0 Å². The quantitative estimate of drug-likeness (QED) is 0.472. The summed E-state index contributed by atoms with van der Waals surface area (Å²) in [6, 6.07) is 21.3. The van der Waals surface area contributed by atoms with Gasteiger partial charge >= 0.3 is 0 Å². The Kier molecular flexibility index (Phi) is 4.43. The van der Waals surface area contributed by atoms with E-state index in [4.69, 9.17) is 0 Å². The van der Waals surface area contributed by atoms with Crippen LogP contribution in [0.4, 0.5) is 10.1 Å². The van der Waals surface area contributed by atoms with Crippen molar-refractivity contribution in [2.24, 2.45) is 0 Å². The Labute approximate surface area is 173 Å². The number of rotatable bonds is 4. The Balaban J connectivity index is 1.51. The zero-order valence-corrected chi connectivity index (χ0v) is 16.2. The maximum Gasteiger partial charge on any atom is 0.246 e. The van der Waals surface area contributed by atoms with Gasteiger partial charge < -0.3 is 9.47 Å². The van der Waals surface area contributed by atoms with Crippen molar-refractivity contribution >= 4 is 28.3 Å². The van der Waals surface area contributed by atoms with Gasteiger partial charge in [-0.15, -0.1) is 0 Å². The van der Waals surface area contributed by atoms with Gasteiger partial charge in [0.2, 0.25) is 5.91 Å². The molecule has 0 aliphatic carbocycles. The maximum absolute atomic E-state index is 14.2. The summed E-state index contributed by atoms with van der Waals surface area (Å²) < 4.78 is 16.0. The van der Waals surface area contributed by atoms with Crippen molar-refractivity contribution in [1.82, 2.24) is 4.57 Å². The van der Waals surface area contributed by atoms with Crippen LogP contribution in [0, 0.1) is 5.82 Å². The molecule has 1 amide bonds. The lowest BCUT2D eigenvalue weighted by molar-refractivity contribution is -0.119. The molecule has 0 saturated carbocycles. The summed E-state index contributed by atoms with van der Waals surface area (Å²) in [6.45, 7) is 0.762. The highest BCUT2D eigenvalue weighted by Gasteiger charge is 2.25. The molecule has 0 radical (unpaired) electrons. The Hall–Kier alpha value is -3.73. The van der Waals surface area contributed by atoms with Gasteiger partial charge in [-0.25, -0.2) is 4.39 Å². The number of fused-ring (bicyclic) bond motifs is 2. The molecule has 5 heteroatoms. The lowest BCUT2D eigenvalue weighted by atomic mass is 10.0. The number of nitrogens with zero attached hydrogens (tertiary/aromatic N) is 2. The smallest absolute Gasteiger partial charge is 0.246 e. The molecular weight excluding hydrogens is 379 g/mol. The average Bonchev–Trinajstić information content (AvgIpc) is 3.36. The Morgan fingerprint density at radius 3 is 2.47 bits per heavy atom. The highest BCUT2D eigenvalue weighted by molar-refractivity contribution is 6.16. The van der Waals surface area contributed by atoms with E-state index in [2.05, 4.69) is 0 Å². The normalized spacial score (nSPS) is 12.9. The fourth-order valence-corrected chi connectivity index (χ4v) is 4.18. The standard InChI is InChI=1S/C25H19FN2O2/c26-21-10-4-2-9-19(21)25(30)20-15-27(23-12-6-3-8-18(20)23)16-24(29)28-14-13-17-7-1-5-11-22(17)28/h1-12,15H,13-14,16H2. The second kappa shape index (κ2) is 7.26. The SMILES string of the molecule is O=C(c1ccccc1F)c1cn(CC(=O)N2CCc3ccccc32)c2ccccc12. The second-order valence-electron chi connectivity index (χ2n) is 7.42. The van der Waals surface area contributed by atoms with E-state index in [-0.39, 0.29) is 23.8 Å². The van der Waals surface area contributed by atoms with Crippen LogP contribution < -0.4 is 4.90 Å². The van der Waals surface area contributed by atoms with Crippen LogP contribution in [0.15, 0.2) is 79.0 Å². The predicted molar refractivity (Wildman–Crippen MR) is 114 cm³/mol. The first-order valence-electron chi connectivity index (χ1n) is 9.89. The van der Waals surface area contributed by atoms with Crippen molar-refractivity contribution < 1.29 is 14.0 Å². The van der Waals surface area contributed by atoms with Gasteiger partial charge in [0.15, 0.2) is 5.78 Å². The topological polar surface area (TPSA) is 42.3 Å². The lowest BCUT2D eigenvalue weighted by Gasteiger charge is -2.18. The van der Waals surface area contributed by atoms with Crippen LogP contribution >= 0.6 is 0 Å². The molecule has 2 heterocycles. The van der Waals surface area contributed by atoms with Gasteiger partial charge in [0.05, 0.1) is 5.56 Å². The molecule has 0 saturated heterocycles. The molecule has 5 rings (SSSR count). The third-order valence-corrected chi connectivity index (χ3v) is 5.65. The van der Waals surface area contributed by atoms with Gasteiger partial charge in [-0.3, -0.25) is 9.59 Å². The third kappa shape index (κ3) is 2.99. The van der Waals surface area contributed by atoms with Gasteiger partial charge in [-0.1, -0.05) is 48.5 Å². The Morgan fingerprint density at radius 2 is 1.60 bits per heavy atom. The molecule has 0 bridgehead atoms. The van der Waals surface area contributed by atoms with Crippen molar-refractivity contribution in [2.75, 3.05) is 11.4 Å². The number of anilines is 1. The number of carbonyl (C=O) groups excluding carboxylic acids is 2. The van der Waals surface area contributed by atoms with Gasteiger partial charge in [-0.05, 0) is 36.2 Å². The fraction of sp³-hybridized carbons (Fsp3) is 0.120. The summed E-state index contributed by atoms with van der Waals surface area (Å²) in [4.78, 5) is 27.9. The van der Waals surface area contributed by atoms with Crippen LogP contribution in [0.5, 0.6) is 0 Å². The molecule has 4 nitrogen and oxygen atoms in total. The summed E-state index contributed by atoms with van der Waals surface area (Å²) in [6.07, 6.45) is 2.50. The van der Waals surface area contributed by atoms with Crippen LogP contribution in [0.2, 0.25) is 0 Å². The molecule has 4 aromatic rings. The monoisotopic (exact) mass is 398 g/mol. The minimum absolute atomic E-state index is 0.0280. The maximum atomic E-state index is 14.2. The average molecular weight is 398 g/mol. The number of ketones is 1. The molecule has 148 valence electrons. The van der Waals surface area contributed by atoms with Gasteiger partial charge in [-0.2, -0.15) is 0 Å². The molecule has 3 aromatic carbocycles. The van der Waals surface area contributed by atoms with Crippen LogP contribution in [-0.2, 0) is 17.8 Å². The molecule has 0 fully saturated rings. The minimum Gasteiger partial charge on any atom is -0.337 e. The number of halogens is 1. The molecule has 0 N–H and O–H groups in total. The number of hydrogen-bond donors (Lipinski definition) is 0. The van der Waals surface area contributed by atoms with Crippen LogP contribution in [0.25, 0.3) is 10.9 Å². The first kappa shape index (κ1) is 18.3. The number of carbonyl (C=O) groups is 2. The van der Waals surface area contributed by atoms with Gasteiger partial charge in [0.1, 0.15) is 12.4 Å². The lowest BCUT2D eigenvalue weighted by Crippen LogP contribution is -2.32. The zero-order chi connectivity index (χ0) is 20.7. The molecule has 1 aliphatic rings. The van der Waals surface area contributed by atoms with Crippen LogP contribution in [0.1, 0.15) is 21.5 Å². The molecular formula is C25H19FN2O2. The number of benzene rings is 3. The highest BCUT2D eigenvalue weighted by Crippen LogP contribution is 2.29. The fourth-order valence-electron chi connectivity index (χ4n) is 4.18. The number of hydrogen-bond acceptors (Lipinski definition) is 2. The van der Waals surface area contributed by atoms with E-state index in [1.165, 1.54) is 17.7 Å². The Bertz CT molecular complexity index is 1290. The van der Waals surface area contributed by atoms with E-state index < -0.39 is 5.82 Å². The van der Waals surface area contributed by atoms with Crippen molar-refractivity contribution in [2.45, 2.75) is 13.0 Å². The van der Waals surface area contributed by atoms with Crippen molar-refractivity contribution in [3.63, 3.8) is 0 Å². The molecule has 0 spiro atoms. The van der Waals surface area contributed by atoms with E-state index in [1.54, 1.807) is 27.8 Å². The predicted octanol–water partition coefficient (Wildman–Crippen LogP) is 4.60. The summed E-state index contributed by atoms with van der Waals surface area (Å²) >= 11 is 0. The van der Waals surface area contributed by atoms with Crippen molar-refractivity contribution in [3.8, 4) is 0 Å². The highest BCUT2D eigenvalue weighted by atomic mass is 19.1. The Morgan fingerprint density at radius 1 is 0.867 bits per heavy atom. The van der Waals surface area contributed by atoms with Crippen LogP contribution in [-0.4, -0.2) is 22.8 Å². The first-order chi connectivity index (χ1) is 14.6. The van der Waals surface area contributed by atoms with E-state index in [1.807, 2.05) is 48.5 Å². The van der Waals surface area contributed by atoms with E-state index in [0.717, 1.165) is 17.6 Å². The van der Waals surface area contributed by atoms with Crippen LogP contribution in [0.3, 0.4) is 0 Å². The first-order valence-corrected chi connectivity index (χ1v) is 9.89. The number of para-hydroxylation sites is 2. The largest absolute Gasteiger partial charge is 0.337 e. The summed E-state index contributed by atoms with van der Waals surface area (Å²) in [5.41, 5.74) is 3.31. The van der Waals surface area contributed by atoms with E-state index in [0.29, 0.717) is 17.5 Å². The van der Waals surface area contributed by atoms with Gasteiger partial charge in [0, 0.05) is 34.9 Å². The molecule has 30 heavy (non-hydrogen) atoms. The second-order valence-corrected chi connectivity index (χ2v) is 7.42. The molecule has 1 aliphatic heterocycles. The zero-order valence-electron chi connectivity index (χ0n) is 16.2. The number of amides is 1. The molecule has 0 atom stereocenters. The summed E-state index contributed by atoms with van der Waals surface area (Å²) in [7, 11) is 0. The molecule has 0 unspecified atom stereocenters. The van der Waals surface area contributed by atoms with Crippen molar-refractivity contribution in [3.05, 3.63) is 102 Å². The summed E-state index contributed by atoms with van der Waals surface area (Å²) in [5.74, 6) is -0.975. The third-order valence-electron chi connectivity index (χ3n) is 5.65. The molecule has 1 aromatic heterocycles. The summed E-state index contributed by atoms with van der Waals surface area (Å²) in [5, 5.41) is 0.709.